The second-order valence-corrected chi connectivity index (χ2v) is 25.5. The van der Waals surface area contributed by atoms with E-state index in [4.69, 9.17) is 13.8 Å². The number of unbranched alkanes of at least 4 members (excludes halogenated alkanes) is 39. The first-order valence-electron chi connectivity index (χ1n) is 33.5. The highest BCUT2D eigenvalue weighted by molar-refractivity contribution is 7.47. The van der Waals surface area contributed by atoms with Gasteiger partial charge in [-0.2, -0.15) is 0 Å². The van der Waals surface area contributed by atoms with E-state index >= 15 is 0 Å². The van der Waals surface area contributed by atoms with Gasteiger partial charge in [0.1, 0.15) is 19.3 Å². The second-order valence-electron chi connectivity index (χ2n) is 24.0. The van der Waals surface area contributed by atoms with Crippen molar-refractivity contribution in [3.8, 4) is 0 Å². The van der Waals surface area contributed by atoms with Crippen molar-refractivity contribution in [3.05, 3.63) is 48.6 Å². The number of esters is 1. The molecule has 0 aromatic carbocycles. The van der Waals surface area contributed by atoms with Crippen molar-refractivity contribution in [3.63, 3.8) is 0 Å². The van der Waals surface area contributed by atoms with Gasteiger partial charge < -0.3 is 19.4 Å². The molecule has 3 unspecified atom stereocenters. The molecular formula is C68H130N2O7P+. The molecule has 458 valence electrons. The molecular weight excluding hydrogens is 988 g/mol. The summed E-state index contributed by atoms with van der Waals surface area (Å²) >= 11 is 0. The number of quaternary nitrogens is 1. The van der Waals surface area contributed by atoms with Gasteiger partial charge in [-0.25, -0.2) is 4.57 Å². The highest BCUT2D eigenvalue weighted by Gasteiger charge is 2.30. The summed E-state index contributed by atoms with van der Waals surface area (Å²) in [7, 11) is 1.50. The van der Waals surface area contributed by atoms with Crippen LogP contribution in [0.4, 0.5) is 0 Å². The molecule has 0 rings (SSSR count). The second kappa shape index (κ2) is 58.2. The largest absolute Gasteiger partial charge is 0.472 e. The van der Waals surface area contributed by atoms with Gasteiger partial charge in [-0.3, -0.25) is 18.6 Å². The quantitative estimate of drug-likeness (QED) is 0.0205. The van der Waals surface area contributed by atoms with Crippen LogP contribution in [0.5, 0.6) is 0 Å². The van der Waals surface area contributed by atoms with Crippen molar-refractivity contribution in [1.82, 2.24) is 5.32 Å². The van der Waals surface area contributed by atoms with E-state index in [1.54, 1.807) is 0 Å². The molecule has 0 spiro atoms. The third-order valence-corrected chi connectivity index (χ3v) is 16.0. The van der Waals surface area contributed by atoms with E-state index < -0.39 is 20.0 Å². The number of nitrogens with zero attached hydrogens (tertiary/aromatic N) is 1. The van der Waals surface area contributed by atoms with Crippen molar-refractivity contribution in [2.45, 2.75) is 335 Å². The molecule has 1 amide bonds. The number of phosphoric acid groups is 1. The average Bonchev–Trinajstić information content (AvgIpc) is 3.40. The number of likely N-dealkylation sites (N-methyl/N-ethyl adjacent to an activating group) is 1. The van der Waals surface area contributed by atoms with Gasteiger partial charge in [-0.1, -0.05) is 288 Å². The number of nitrogens with one attached hydrogen (secondary N) is 1. The zero-order valence-electron chi connectivity index (χ0n) is 52.4. The van der Waals surface area contributed by atoms with Crippen LogP contribution in [0.15, 0.2) is 48.6 Å². The van der Waals surface area contributed by atoms with Gasteiger partial charge in [0.05, 0.1) is 33.8 Å². The third kappa shape index (κ3) is 58.6. The minimum atomic E-state index is -4.45. The standard InChI is InChI=1S/C68H129N2O7P/c1-7-10-13-16-19-22-25-28-30-32-33-34-35-36-37-39-40-42-45-48-51-54-57-60-67(71)69-65(64-76-78(73,74)75-63-62-70(4,5)6)66(59-56-53-50-47-44-27-24-21-18-15-12-9-3)77-68(72)61-58-55-52-49-46-43-41-38-31-29-26-23-20-17-14-11-8-2/h19,22,28,30,33-34,56,59,65-66H,7-18,20-21,23-27,29,31-32,35-55,57-58,60-64H2,1-6H3,(H-,69,71,73,74)/p+1/b22-19-,30-28-,34-33-,59-56-. The lowest BCUT2D eigenvalue weighted by atomic mass is 10.0. The number of amides is 1. The van der Waals surface area contributed by atoms with E-state index in [0.29, 0.717) is 23.9 Å². The fourth-order valence-corrected chi connectivity index (χ4v) is 10.6. The maximum atomic E-state index is 13.6. The van der Waals surface area contributed by atoms with Crippen LogP contribution in [0.2, 0.25) is 0 Å². The van der Waals surface area contributed by atoms with Gasteiger partial charge in [-0.05, 0) is 70.3 Å². The van der Waals surface area contributed by atoms with Crippen LogP contribution in [0.25, 0.3) is 0 Å². The van der Waals surface area contributed by atoms with E-state index in [9.17, 15) is 19.0 Å². The van der Waals surface area contributed by atoms with Gasteiger partial charge >= 0.3 is 13.8 Å². The van der Waals surface area contributed by atoms with Gasteiger partial charge in [-0.15, -0.1) is 0 Å². The molecule has 3 atom stereocenters. The highest BCUT2D eigenvalue weighted by Crippen LogP contribution is 2.43. The zero-order chi connectivity index (χ0) is 57.2. The molecule has 0 heterocycles. The molecule has 0 radical (unpaired) electrons. The van der Waals surface area contributed by atoms with Crippen LogP contribution in [0.3, 0.4) is 0 Å². The molecule has 2 N–H and O–H groups in total. The molecule has 0 aromatic heterocycles. The summed E-state index contributed by atoms with van der Waals surface area (Å²) in [6.45, 7) is 7.02. The predicted octanol–water partition coefficient (Wildman–Crippen LogP) is 20.8. The number of hydrogen-bond acceptors (Lipinski definition) is 6. The normalized spacial score (nSPS) is 13.9. The Bertz CT molecular complexity index is 1470. The first kappa shape index (κ1) is 76.0. The van der Waals surface area contributed by atoms with Crippen LogP contribution in [0, 0.1) is 0 Å². The van der Waals surface area contributed by atoms with Crippen molar-refractivity contribution < 1.29 is 37.3 Å². The van der Waals surface area contributed by atoms with E-state index in [1.807, 2.05) is 33.3 Å². The van der Waals surface area contributed by atoms with E-state index in [2.05, 4.69) is 62.5 Å². The third-order valence-electron chi connectivity index (χ3n) is 15.0. The van der Waals surface area contributed by atoms with E-state index in [1.165, 1.54) is 218 Å². The summed E-state index contributed by atoms with van der Waals surface area (Å²) in [6, 6.07) is -0.848. The number of rotatable bonds is 61. The Morgan fingerprint density at radius 1 is 0.449 bits per heavy atom. The van der Waals surface area contributed by atoms with Crippen molar-refractivity contribution in [2.24, 2.45) is 0 Å². The van der Waals surface area contributed by atoms with Crippen molar-refractivity contribution >= 4 is 19.7 Å². The topological polar surface area (TPSA) is 111 Å². The smallest absolute Gasteiger partial charge is 0.456 e. The maximum Gasteiger partial charge on any atom is 0.472 e. The Kier molecular flexibility index (Phi) is 56.7. The van der Waals surface area contributed by atoms with Gasteiger partial charge in [0, 0.05) is 12.8 Å². The lowest BCUT2D eigenvalue weighted by molar-refractivity contribution is -0.870. The Labute approximate surface area is 484 Å². The lowest BCUT2D eigenvalue weighted by Gasteiger charge is -2.27. The SMILES string of the molecule is CCCCC/C=C\C/C=C\C/C=C\CCCCCCCCCCCCC(=O)NC(COP(=O)(O)OCC[N+](C)(C)C)C(/C=C\CCCCCCCCCCCC)OC(=O)CCCCCCCCCCCCCCCCCCC. The number of hydrogen-bond donors (Lipinski definition) is 2. The van der Waals surface area contributed by atoms with Crippen LogP contribution in [-0.4, -0.2) is 74.3 Å². The Balaban J connectivity index is 5.13. The predicted molar refractivity (Wildman–Crippen MR) is 337 cm³/mol. The summed E-state index contributed by atoms with van der Waals surface area (Å²) < 4.78 is 30.8. The fourth-order valence-electron chi connectivity index (χ4n) is 9.83. The van der Waals surface area contributed by atoms with Crippen LogP contribution in [0.1, 0.15) is 323 Å². The van der Waals surface area contributed by atoms with Crippen LogP contribution < -0.4 is 5.32 Å². The number of carbonyl (C=O) groups excluding carboxylic acids is 2. The van der Waals surface area contributed by atoms with E-state index in [0.717, 1.165) is 70.6 Å². The molecule has 10 heteroatoms. The number of allylic oxidation sites excluding steroid dienone is 7. The van der Waals surface area contributed by atoms with Crippen molar-refractivity contribution in [1.29, 1.82) is 0 Å². The summed E-state index contributed by atoms with van der Waals surface area (Å²) in [5, 5.41) is 3.07. The first-order chi connectivity index (χ1) is 37.9. The van der Waals surface area contributed by atoms with Gasteiger partial charge in [0.25, 0.3) is 0 Å². The number of phosphoric ester groups is 1. The number of carbonyl (C=O) groups is 2. The fraction of sp³-hybridized carbons (Fsp3) is 0.853. The maximum absolute atomic E-state index is 13.6. The van der Waals surface area contributed by atoms with Crippen LogP contribution >= 0.6 is 7.82 Å². The highest BCUT2D eigenvalue weighted by atomic mass is 31.2. The molecule has 78 heavy (non-hydrogen) atoms. The lowest BCUT2D eigenvalue weighted by Crippen LogP contribution is -2.47. The zero-order valence-corrected chi connectivity index (χ0v) is 53.3. The minimum absolute atomic E-state index is 0.0408. The average molecular weight is 1120 g/mol. The van der Waals surface area contributed by atoms with Gasteiger partial charge in [0.15, 0.2) is 0 Å². The number of ether oxygens (including phenoxy) is 1. The van der Waals surface area contributed by atoms with Crippen LogP contribution in [-0.2, 0) is 27.9 Å². The van der Waals surface area contributed by atoms with E-state index in [-0.39, 0.29) is 25.1 Å². The Morgan fingerprint density at radius 2 is 0.782 bits per heavy atom. The molecule has 0 aliphatic carbocycles. The molecule has 0 bridgehead atoms. The minimum Gasteiger partial charge on any atom is -0.456 e. The summed E-state index contributed by atoms with van der Waals surface area (Å²) in [5.74, 6) is -0.495. The molecule has 0 aliphatic rings. The Morgan fingerprint density at radius 3 is 1.19 bits per heavy atom. The molecule has 0 aliphatic heterocycles. The first-order valence-corrected chi connectivity index (χ1v) is 35.0. The monoisotopic (exact) mass is 1120 g/mol. The molecule has 0 saturated carbocycles. The molecule has 0 aromatic rings. The summed E-state index contributed by atoms with van der Waals surface area (Å²) in [6.07, 6.45) is 72.5. The summed E-state index contributed by atoms with van der Waals surface area (Å²) in [5.41, 5.74) is 0. The van der Waals surface area contributed by atoms with Gasteiger partial charge in [0.2, 0.25) is 5.91 Å². The molecule has 9 nitrogen and oxygen atoms in total. The Hall–Kier alpha value is -2.03. The van der Waals surface area contributed by atoms with Crippen molar-refractivity contribution in [2.75, 3.05) is 40.9 Å². The molecule has 0 fully saturated rings. The summed E-state index contributed by atoms with van der Waals surface area (Å²) in [4.78, 5) is 37.8. The molecule has 0 saturated heterocycles.